The van der Waals surface area contributed by atoms with E-state index in [4.69, 9.17) is 14.4 Å². The van der Waals surface area contributed by atoms with Gasteiger partial charge < -0.3 is 4.42 Å². The van der Waals surface area contributed by atoms with Crippen LogP contribution in [0.2, 0.25) is 0 Å². The lowest BCUT2D eigenvalue weighted by Crippen LogP contribution is -2.03. The second-order valence-electron chi connectivity index (χ2n) is 14.9. The molecule has 4 heteroatoms. The molecule has 0 radical (unpaired) electrons. The van der Waals surface area contributed by atoms with E-state index in [1.54, 1.807) is 0 Å². The predicted octanol–water partition coefficient (Wildman–Crippen LogP) is 14.0. The standard InChI is InChI=1S/C52H29N3O/c1-2-11-32(12-3-1)51-48-35-13-5-4-10-30(35)24-27-42(48)53-52(54-51)55-43-17-8-15-38-39-26-22-31-20-21-33(28-41(31)47(39)40-16-9-18-44(55)50(40)49(38)43)34-23-25-37-36-14-6-7-19-45(36)56-46(37)29-34/h1-29H. The SMILES string of the molecule is c1ccc(-c2nc(-n3c4cccc5c6ccc7ccc(-c8ccc9c(c8)oc8ccccc89)cc7c6c6cccc3c6c54)nc3ccc4ccccc4c23)cc1. The van der Waals surface area contributed by atoms with Gasteiger partial charge in [-0.3, -0.25) is 4.57 Å². The third-order valence-corrected chi connectivity index (χ3v) is 11.9. The molecule has 0 N–H and O–H groups in total. The third kappa shape index (κ3) is 4.02. The Kier molecular flexibility index (Phi) is 5.86. The lowest BCUT2D eigenvalue weighted by Gasteiger charge is -2.13. The first kappa shape index (κ1) is 29.8. The minimum absolute atomic E-state index is 0.667. The van der Waals surface area contributed by atoms with Crippen LogP contribution in [0.3, 0.4) is 0 Å². The molecule has 3 heterocycles. The first-order chi connectivity index (χ1) is 27.8. The molecule has 4 nitrogen and oxygen atoms in total. The zero-order valence-electron chi connectivity index (χ0n) is 30.0. The molecular formula is C52H29N3O. The lowest BCUT2D eigenvalue weighted by molar-refractivity contribution is 0.669. The average molecular weight is 712 g/mol. The van der Waals surface area contributed by atoms with Crippen molar-refractivity contribution >= 4 is 97.7 Å². The number of para-hydroxylation sites is 1. The van der Waals surface area contributed by atoms with Crippen molar-refractivity contribution in [2.24, 2.45) is 0 Å². The quantitative estimate of drug-likeness (QED) is 0.171. The molecule has 0 fully saturated rings. The van der Waals surface area contributed by atoms with Gasteiger partial charge in [-0.05, 0) is 96.7 Å². The monoisotopic (exact) mass is 711 g/mol. The number of fused-ring (bicyclic) bond motifs is 11. The summed E-state index contributed by atoms with van der Waals surface area (Å²) in [5.74, 6) is 0.667. The topological polar surface area (TPSA) is 43.9 Å². The van der Waals surface area contributed by atoms with Gasteiger partial charge in [0.1, 0.15) is 11.2 Å². The van der Waals surface area contributed by atoms with E-state index in [-0.39, 0.29) is 0 Å². The van der Waals surface area contributed by atoms with Crippen molar-refractivity contribution in [3.63, 3.8) is 0 Å². The van der Waals surface area contributed by atoms with Gasteiger partial charge in [0.25, 0.3) is 0 Å². The largest absolute Gasteiger partial charge is 0.456 e. The summed E-state index contributed by atoms with van der Waals surface area (Å²) in [6.45, 7) is 0. The van der Waals surface area contributed by atoms with Crippen LogP contribution >= 0.6 is 0 Å². The Morgan fingerprint density at radius 1 is 0.357 bits per heavy atom. The summed E-state index contributed by atoms with van der Waals surface area (Å²) >= 11 is 0. The first-order valence-corrected chi connectivity index (χ1v) is 19.1. The highest BCUT2D eigenvalue weighted by Crippen LogP contribution is 2.46. The minimum Gasteiger partial charge on any atom is -0.456 e. The number of rotatable bonds is 3. The maximum absolute atomic E-state index is 6.30. The van der Waals surface area contributed by atoms with Gasteiger partial charge in [0.2, 0.25) is 5.95 Å². The molecule has 3 aromatic heterocycles. The fourth-order valence-electron chi connectivity index (χ4n) is 9.47. The molecule has 0 saturated heterocycles. The smallest absolute Gasteiger partial charge is 0.235 e. The van der Waals surface area contributed by atoms with Gasteiger partial charge in [-0.1, -0.05) is 133 Å². The number of aromatic nitrogens is 3. The summed E-state index contributed by atoms with van der Waals surface area (Å²) < 4.78 is 8.58. The van der Waals surface area contributed by atoms with Gasteiger partial charge in [0, 0.05) is 32.5 Å². The van der Waals surface area contributed by atoms with Crippen molar-refractivity contribution in [1.82, 2.24) is 14.5 Å². The molecule has 0 aliphatic carbocycles. The number of furan rings is 1. The molecule has 0 bridgehead atoms. The molecular weight excluding hydrogens is 683 g/mol. The zero-order chi connectivity index (χ0) is 36.5. The van der Waals surface area contributed by atoms with E-state index in [9.17, 15) is 0 Å². The molecule has 0 saturated carbocycles. The Morgan fingerprint density at radius 3 is 1.88 bits per heavy atom. The molecule has 10 aromatic carbocycles. The van der Waals surface area contributed by atoms with E-state index >= 15 is 0 Å². The van der Waals surface area contributed by atoms with E-state index in [2.05, 4.69) is 168 Å². The molecule has 56 heavy (non-hydrogen) atoms. The molecule has 0 amide bonds. The van der Waals surface area contributed by atoms with Crippen LogP contribution in [0, 0.1) is 0 Å². The molecule has 0 spiro atoms. The number of hydrogen-bond acceptors (Lipinski definition) is 3. The summed E-state index contributed by atoms with van der Waals surface area (Å²) in [6, 6.07) is 63.0. The van der Waals surface area contributed by atoms with E-state index in [0.29, 0.717) is 5.95 Å². The Labute approximate surface area is 319 Å². The van der Waals surface area contributed by atoms with Crippen LogP contribution in [-0.2, 0) is 0 Å². The Morgan fingerprint density at radius 2 is 0.982 bits per heavy atom. The van der Waals surface area contributed by atoms with Crippen LogP contribution in [0.4, 0.5) is 0 Å². The van der Waals surface area contributed by atoms with Gasteiger partial charge in [-0.2, -0.15) is 0 Å². The van der Waals surface area contributed by atoms with Gasteiger partial charge in [0.05, 0.1) is 22.2 Å². The summed E-state index contributed by atoms with van der Waals surface area (Å²) in [6.07, 6.45) is 0. The summed E-state index contributed by atoms with van der Waals surface area (Å²) in [5.41, 5.74) is 9.23. The fourth-order valence-corrected chi connectivity index (χ4v) is 9.47. The van der Waals surface area contributed by atoms with Crippen LogP contribution in [0.25, 0.3) is 126 Å². The normalized spacial score (nSPS) is 12.3. The van der Waals surface area contributed by atoms with Crippen molar-refractivity contribution in [2.45, 2.75) is 0 Å². The summed E-state index contributed by atoms with van der Waals surface area (Å²) in [4.78, 5) is 10.8. The highest BCUT2D eigenvalue weighted by atomic mass is 16.3. The number of nitrogens with zero attached hydrogens (tertiary/aromatic N) is 3. The van der Waals surface area contributed by atoms with Crippen molar-refractivity contribution in [1.29, 1.82) is 0 Å². The lowest BCUT2D eigenvalue weighted by atomic mass is 9.90. The van der Waals surface area contributed by atoms with Crippen molar-refractivity contribution in [3.05, 3.63) is 176 Å². The van der Waals surface area contributed by atoms with E-state index < -0.39 is 0 Å². The maximum Gasteiger partial charge on any atom is 0.235 e. The van der Waals surface area contributed by atoms with E-state index in [1.165, 1.54) is 48.5 Å². The predicted molar refractivity (Wildman–Crippen MR) is 233 cm³/mol. The molecule has 0 atom stereocenters. The first-order valence-electron chi connectivity index (χ1n) is 19.1. The van der Waals surface area contributed by atoms with Gasteiger partial charge >= 0.3 is 0 Å². The summed E-state index contributed by atoms with van der Waals surface area (Å²) in [5, 5.41) is 15.5. The Bertz CT molecular complexity index is 3760. The van der Waals surface area contributed by atoms with Crippen LogP contribution < -0.4 is 0 Å². The van der Waals surface area contributed by atoms with Crippen LogP contribution in [-0.4, -0.2) is 14.5 Å². The second-order valence-corrected chi connectivity index (χ2v) is 14.9. The van der Waals surface area contributed by atoms with Crippen molar-refractivity contribution in [2.75, 3.05) is 0 Å². The molecule has 0 unspecified atom stereocenters. The molecule has 0 aliphatic heterocycles. The maximum atomic E-state index is 6.30. The van der Waals surface area contributed by atoms with Crippen molar-refractivity contribution < 1.29 is 4.42 Å². The Balaban J connectivity index is 1.10. The van der Waals surface area contributed by atoms with Crippen LogP contribution in [0.15, 0.2) is 180 Å². The fraction of sp³-hybridized carbons (Fsp3) is 0. The average Bonchev–Trinajstić information content (AvgIpc) is 3.81. The van der Waals surface area contributed by atoms with Gasteiger partial charge in [0.15, 0.2) is 0 Å². The van der Waals surface area contributed by atoms with Gasteiger partial charge in [-0.25, -0.2) is 9.97 Å². The number of benzene rings is 10. The van der Waals surface area contributed by atoms with E-state index in [1.807, 2.05) is 12.1 Å². The van der Waals surface area contributed by atoms with E-state index in [0.717, 1.165) is 71.6 Å². The minimum atomic E-state index is 0.667. The Hall–Kier alpha value is -7.56. The highest BCUT2D eigenvalue weighted by molar-refractivity contribution is 6.38. The summed E-state index contributed by atoms with van der Waals surface area (Å²) in [7, 11) is 0. The zero-order valence-corrected chi connectivity index (χ0v) is 30.0. The number of hydrogen-bond donors (Lipinski definition) is 0. The third-order valence-electron chi connectivity index (χ3n) is 11.9. The molecule has 13 aromatic rings. The van der Waals surface area contributed by atoms with Crippen molar-refractivity contribution in [3.8, 4) is 28.3 Å². The highest BCUT2D eigenvalue weighted by Gasteiger charge is 2.23. The van der Waals surface area contributed by atoms with Gasteiger partial charge in [-0.15, -0.1) is 0 Å². The van der Waals surface area contributed by atoms with Crippen LogP contribution in [0.5, 0.6) is 0 Å². The van der Waals surface area contributed by atoms with Crippen LogP contribution in [0.1, 0.15) is 0 Å². The molecule has 258 valence electrons. The second kappa shape index (κ2) is 11.0. The molecule has 13 rings (SSSR count). The molecule has 0 aliphatic rings.